The third-order valence-corrected chi connectivity index (χ3v) is 7.65. The Labute approximate surface area is 267 Å². The number of phenols is 2. The van der Waals surface area contributed by atoms with Gasteiger partial charge in [-0.1, -0.05) is 0 Å². The summed E-state index contributed by atoms with van der Waals surface area (Å²) in [6.45, 7) is 0. The summed E-state index contributed by atoms with van der Waals surface area (Å²) in [5, 5.41) is 91.2. The number of aliphatic hydroxyl groups is 6. The molecule has 19 nitrogen and oxygen atoms in total. The Hall–Kier alpha value is -4.73. The molecule has 19 heteroatoms. The predicted molar refractivity (Wildman–Crippen MR) is 152 cm³/mol. The Morgan fingerprint density at radius 3 is 1.88 bits per heavy atom. The second kappa shape index (κ2) is 13.4. The fraction of sp³-hybridized carbons (Fsp3) is 0.414. The van der Waals surface area contributed by atoms with Gasteiger partial charge in [-0.15, -0.1) is 0 Å². The van der Waals surface area contributed by atoms with E-state index in [-0.39, 0.29) is 45.3 Å². The number of aromatic hydroxyl groups is 2. The molecule has 2 aliphatic heterocycles. The Balaban J connectivity index is 1.41. The fourth-order valence-corrected chi connectivity index (χ4v) is 5.09. The van der Waals surface area contributed by atoms with Crippen LogP contribution in [0.4, 0.5) is 0 Å². The zero-order valence-corrected chi connectivity index (χ0v) is 24.8. The maximum atomic E-state index is 13.0. The molecular weight excluding hydrogens is 652 g/mol. The van der Waals surface area contributed by atoms with Crippen LogP contribution in [0, 0.1) is 0 Å². The fourth-order valence-electron chi connectivity index (χ4n) is 5.09. The predicted octanol–water partition coefficient (Wildman–Crippen LogP) is -2.49. The highest BCUT2D eigenvalue weighted by Gasteiger charge is 2.52. The minimum atomic E-state index is -2.18. The van der Waals surface area contributed by atoms with Crippen LogP contribution in [0.5, 0.6) is 28.7 Å². The molecule has 260 valence electrons. The number of aliphatic carboxylic acids is 1. The number of hydrogen-bond donors (Lipinski definition) is 9. The van der Waals surface area contributed by atoms with Gasteiger partial charge in [0.1, 0.15) is 64.9 Å². The van der Waals surface area contributed by atoms with Gasteiger partial charge in [-0.25, -0.2) is 9.59 Å². The lowest BCUT2D eigenvalue weighted by Gasteiger charge is -2.41. The van der Waals surface area contributed by atoms with Crippen molar-refractivity contribution >= 4 is 22.9 Å². The molecule has 1 aromatic heterocycles. The molecule has 0 bridgehead atoms. The van der Waals surface area contributed by atoms with Crippen LogP contribution in [-0.2, 0) is 23.8 Å². The number of hydrogen-bond acceptors (Lipinski definition) is 18. The first kappa shape index (κ1) is 34.6. The molecule has 0 spiro atoms. The molecule has 2 aromatic carbocycles. The monoisotopic (exact) mass is 682 g/mol. The maximum absolute atomic E-state index is 13.0. The lowest BCUT2D eigenvalue weighted by molar-refractivity contribution is -0.302. The molecule has 48 heavy (non-hydrogen) atoms. The Morgan fingerprint density at radius 2 is 1.29 bits per heavy atom. The van der Waals surface area contributed by atoms with E-state index < -0.39 is 84.5 Å². The number of esters is 1. The number of fused-ring (bicyclic) bond motifs is 1. The van der Waals surface area contributed by atoms with Gasteiger partial charge in [0.05, 0.1) is 14.2 Å². The number of benzene rings is 2. The SMILES string of the molecule is COc1cc(-c2cc(=O)c3c(O)cc(O[C@H]4O[C@H](C(=O)O[C@@H]5O[C@@H](C(=O)O)[C@@H](O)[C@H](O)[C@H]5O)[C@@H](O)[C@H](O)[C@H]4O)cc3o2)cc(OC)c1O. The van der Waals surface area contributed by atoms with Gasteiger partial charge < -0.3 is 78.8 Å². The number of phenolic OH excluding ortho intramolecular Hbond substituents is 2. The zero-order valence-electron chi connectivity index (χ0n) is 24.8. The molecule has 0 aliphatic carbocycles. The number of aliphatic hydroxyl groups excluding tert-OH is 6. The van der Waals surface area contributed by atoms with E-state index in [9.17, 15) is 60.3 Å². The first-order valence-corrected chi connectivity index (χ1v) is 13.9. The van der Waals surface area contributed by atoms with E-state index in [0.717, 1.165) is 18.2 Å². The van der Waals surface area contributed by atoms with Crippen molar-refractivity contribution in [3.8, 4) is 40.1 Å². The molecule has 0 saturated carbocycles. The van der Waals surface area contributed by atoms with Gasteiger partial charge in [0.15, 0.2) is 29.1 Å². The van der Waals surface area contributed by atoms with Crippen molar-refractivity contribution in [2.75, 3.05) is 14.2 Å². The molecule has 3 heterocycles. The lowest BCUT2D eigenvalue weighted by Crippen LogP contribution is -2.63. The van der Waals surface area contributed by atoms with E-state index >= 15 is 0 Å². The third-order valence-electron chi connectivity index (χ3n) is 7.65. The molecule has 2 saturated heterocycles. The highest BCUT2D eigenvalue weighted by molar-refractivity contribution is 5.86. The van der Waals surface area contributed by atoms with E-state index in [1.54, 1.807) is 0 Å². The van der Waals surface area contributed by atoms with Crippen LogP contribution in [0.1, 0.15) is 0 Å². The van der Waals surface area contributed by atoms with E-state index in [1.165, 1.54) is 26.4 Å². The number of ether oxygens (including phenoxy) is 6. The van der Waals surface area contributed by atoms with Gasteiger partial charge in [-0.2, -0.15) is 0 Å². The van der Waals surface area contributed by atoms with Crippen molar-refractivity contribution in [2.24, 2.45) is 0 Å². The van der Waals surface area contributed by atoms with Gasteiger partial charge in [0, 0.05) is 23.8 Å². The second-order valence-corrected chi connectivity index (χ2v) is 10.7. The summed E-state index contributed by atoms with van der Waals surface area (Å²) < 4.78 is 36.7. The quantitative estimate of drug-likeness (QED) is 0.111. The highest BCUT2D eigenvalue weighted by atomic mass is 16.7. The number of carbonyl (C=O) groups is 2. The number of carboxylic acids is 1. The summed E-state index contributed by atoms with van der Waals surface area (Å²) >= 11 is 0. The smallest absolute Gasteiger partial charge is 0.340 e. The minimum Gasteiger partial charge on any atom is -0.507 e. The van der Waals surface area contributed by atoms with Gasteiger partial charge in [0.25, 0.3) is 0 Å². The van der Waals surface area contributed by atoms with E-state index in [1.807, 2.05) is 0 Å². The molecular formula is C29H30O19. The normalized spacial score (nSPS) is 30.4. The third kappa shape index (κ3) is 6.28. The number of methoxy groups -OCH3 is 2. The molecule has 9 N–H and O–H groups in total. The number of rotatable bonds is 8. The molecule has 10 atom stereocenters. The lowest BCUT2D eigenvalue weighted by atomic mass is 9.98. The van der Waals surface area contributed by atoms with E-state index in [4.69, 9.17) is 32.8 Å². The van der Waals surface area contributed by atoms with Crippen LogP contribution in [0.15, 0.2) is 39.5 Å². The number of carboxylic acid groups (broad SMARTS) is 1. The van der Waals surface area contributed by atoms with Crippen molar-refractivity contribution in [1.82, 2.24) is 0 Å². The van der Waals surface area contributed by atoms with Crippen molar-refractivity contribution < 1.29 is 88.4 Å². The summed E-state index contributed by atoms with van der Waals surface area (Å²) in [7, 11) is 2.58. The van der Waals surface area contributed by atoms with Gasteiger partial charge in [-0.3, -0.25) is 4.79 Å². The largest absolute Gasteiger partial charge is 0.507 e. The summed E-state index contributed by atoms with van der Waals surface area (Å²) in [6.07, 6.45) is -21.2. The van der Waals surface area contributed by atoms with Gasteiger partial charge >= 0.3 is 11.9 Å². The molecule has 0 radical (unpaired) electrons. The molecule has 0 unspecified atom stereocenters. The van der Waals surface area contributed by atoms with Gasteiger partial charge in [0.2, 0.25) is 18.3 Å². The van der Waals surface area contributed by atoms with Crippen LogP contribution in [0.2, 0.25) is 0 Å². The maximum Gasteiger partial charge on any atom is 0.340 e. The van der Waals surface area contributed by atoms with E-state index in [0.29, 0.717) is 0 Å². The molecule has 5 rings (SSSR count). The van der Waals surface area contributed by atoms with Crippen molar-refractivity contribution in [3.05, 3.63) is 40.6 Å². The molecule has 0 amide bonds. The van der Waals surface area contributed by atoms with Crippen LogP contribution in [0.25, 0.3) is 22.3 Å². The first-order valence-electron chi connectivity index (χ1n) is 13.9. The van der Waals surface area contributed by atoms with Crippen molar-refractivity contribution in [1.29, 1.82) is 0 Å². The molecule has 2 fully saturated rings. The van der Waals surface area contributed by atoms with Crippen molar-refractivity contribution in [3.63, 3.8) is 0 Å². The Kier molecular flexibility index (Phi) is 9.67. The molecule has 3 aromatic rings. The zero-order chi connectivity index (χ0) is 35.2. The molecule has 2 aliphatic rings. The average molecular weight is 683 g/mol. The topological polar surface area (TPSA) is 302 Å². The second-order valence-electron chi connectivity index (χ2n) is 10.7. The van der Waals surface area contributed by atoms with Crippen LogP contribution in [0.3, 0.4) is 0 Å². The van der Waals surface area contributed by atoms with Crippen molar-refractivity contribution in [2.45, 2.75) is 61.4 Å². The Bertz CT molecular complexity index is 1730. The highest BCUT2D eigenvalue weighted by Crippen LogP contribution is 2.41. The summed E-state index contributed by atoms with van der Waals surface area (Å²) in [5.74, 6) is -4.73. The first-order chi connectivity index (χ1) is 22.7. The van der Waals surface area contributed by atoms with Crippen LogP contribution in [-0.4, -0.2) is 134 Å². The van der Waals surface area contributed by atoms with E-state index in [2.05, 4.69) is 0 Å². The van der Waals surface area contributed by atoms with Crippen LogP contribution >= 0.6 is 0 Å². The van der Waals surface area contributed by atoms with Crippen LogP contribution < -0.4 is 19.6 Å². The minimum absolute atomic E-state index is 0.00989. The summed E-state index contributed by atoms with van der Waals surface area (Å²) in [6, 6.07) is 5.78. The number of carbonyl (C=O) groups excluding carboxylic acids is 1. The average Bonchev–Trinajstić information content (AvgIpc) is 3.04. The Morgan fingerprint density at radius 1 is 0.729 bits per heavy atom. The summed E-state index contributed by atoms with van der Waals surface area (Å²) in [5.41, 5.74) is -0.733. The van der Waals surface area contributed by atoms with Gasteiger partial charge in [-0.05, 0) is 12.1 Å². The standard InChI is InChI=1S/C29H30O19/c1-42-14-3-8(4-15(43-2)17(14)32)12-7-11(31)16-10(30)5-9(6-13(16)45-12)44-28-22(37)19(34)21(36)25(47-28)27(41)48-29-23(38)18(33)20(35)24(46-29)26(39)40/h3-7,18-25,28-30,32-38H,1-2H3,(H,39,40)/t18-,19-,20-,21-,22+,23+,24+,25-,28-,29-/m0/s1. The summed E-state index contributed by atoms with van der Waals surface area (Å²) in [4.78, 5) is 37.2.